The van der Waals surface area contributed by atoms with E-state index in [1.807, 2.05) is 36.4 Å². The van der Waals surface area contributed by atoms with E-state index in [2.05, 4.69) is 27.3 Å². The molecule has 0 atom stereocenters. The maximum Gasteiger partial charge on any atom is 0.356 e. The van der Waals surface area contributed by atoms with Gasteiger partial charge in [-0.05, 0) is 30.3 Å². The fourth-order valence-electron chi connectivity index (χ4n) is 3.99. The molecule has 0 saturated carbocycles. The normalized spacial score (nSPS) is 14.5. The lowest BCUT2D eigenvalue weighted by atomic mass is 10.2. The number of fused-ring (bicyclic) bond motifs is 1. The van der Waals surface area contributed by atoms with Crippen molar-refractivity contribution in [1.29, 1.82) is 0 Å². The zero-order chi connectivity index (χ0) is 21.8. The molecule has 162 valence electrons. The van der Waals surface area contributed by atoms with E-state index in [0.717, 1.165) is 48.5 Å². The van der Waals surface area contributed by atoms with Gasteiger partial charge < -0.3 is 29.6 Å². The summed E-state index contributed by atoms with van der Waals surface area (Å²) in [6.45, 7) is 3.80. The molecule has 8 nitrogen and oxygen atoms in total. The molecule has 1 aliphatic heterocycles. The Balaban J connectivity index is 1.38. The number of ether oxygens (including phenoxy) is 2. The van der Waals surface area contributed by atoms with Crippen molar-refractivity contribution < 1.29 is 24.0 Å². The summed E-state index contributed by atoms with van der Waals surface area (Å²) in [4.78, 5) is 31.5. The van der Waals surface area contributed by atoms with Crippen LogP contribution in [0.25, 0.3) is 10.9 Å². The second-order valence-electron chi connectivity index (χ2n) is 7.57. The quantitative estimate of drug-likeness (QED) is 0.521. The van der Waals surface area contributed by atoms with E-state index in [1.165, 1.54) is 12.0 Å². The van der Waals surface area contributed by atoms with Crippen molar-refractivity contribution in [3.63, 3.8) is 0 Å². The zero-order valence-electron chi connectivity index (χ0n) is 17.7. The van der Waals surface area contributed by atoms with Crippen LogP contribution in [-0.4, -0.2) is 63.8 Å². The number of hydrogen-bond acceptors (Lipinski definition) is 5. The number of H-pyrrole nitrogens is 1. The Kier molecular flexibility index (Phi) is 6.08. The maximum absolute atomic E-state index is 12.8. The van der Waals surface area contributed by atoms with Crippen LogP contribution in [0.4, 0.5) is 11.4 Å². The summed E-state index contributed by atoms with van der Waals surface area (Å²) < 4.78 is 10.1. The van der Waals surface area contributed by atoms with Crippen LogP contribution in [-0.2, 0) is 9.53 Å². The van der Waals surface area contributed by atoms with Gasteiger partial charge >= 0.3 is 5.97 Å². The monoisotopic (exact) mass is 423 g/mol. The largest absolute Gasteiger partial charge is 0.497 e. The summed E-state index contributed by atoms with van der Waals surface area (Å²) in [7, 11) is 2.98. The van der Waals surface area contributed by atoms with Crippen LogP contribution >= 0.6 is 0 Å². The first-order chi connectivity index (χ1) is 15.1. The van der Waals surface area contributed by atoms with Gasteiger partial charge in [-0.1, -0.05) is 18.2 Å². The molecule has 3 N–H and O–H groups in total. The van der Waals surface area contributed by atoms with Crippen molar-refractivity contribution in [3.05, 3.63) is 54.2 Å². The standard InChI is InChI=1S/C23H26N4O4/c1-30-17-9-7-16(8-10-17)27-13-11-26(12-14-27)15-20(28)25-21-18-5-3-4-6-19(18)24-22(21)23(29)31-2/h3-10,24H,11-15H2,1-2H3,(H,25,28)/p+1. The highest BCUT2D eigenvalue weighted by atomic mass is 16.5. The molecule has 0 spiro atoms. The number of carbonyl (C=O) groups is 2. The van der Waals surface area contributed by atoms with Gasteiger partial charge in [-0.15, -0.1) is 0 Å². The molecule has 1 aromatic heterocycles. The van der Waals surface area contributed by atoms with Gasteiger partial charge in [0.15, 0.2) is 6.54 Å². The number of amides is 1. The summed E-state index contributed by atoms with van der Waals surface area (Å²) in [5, 5.41) is 3.72. The number of para-hydroxylation sites is 1. The number of aromatic nitrogens is 1. The number of hydrogen-bond donors (Lipinski definition) is 3. The lowest BCUT2D eigenvalue weighted by Gasteiger charge is -2.33. The molecule has 0 unspecified atom stereocenters. The molecule has 8 heteroatoms. The number of anilines is 2. The summed E-state index contributed by atoms with van der Waals surface area (Å²) in [6.07, 6.45) is 0. The predicted molar refractivity (Wildman–Crippen MR) is 119 cm³/mol. The van der Waals surface area contributed by atoms with E-state index in [9.17, 15) is 9.59 Å². The van der Waals surface area contributed by atoms with Crippen LogP contribution in [0.2, 0.25) is 0 Å². The van der Waals surface area contributed by atoms with Crippen molar-refractivity contribution in [2.45, 2.75) is 0 Å². The van der Waals surface area contributed by atoms with Crippen molar-refractivity contribution in [3.8, 4) is 5.75 Å². The van der Waals surface area contributed by atoms with E-state index in [-0.39, 0.29) is 11.6 Å². The van der Waals surface area contributed by atoms with Crippen LogP contribution in [0.1, 0.15) is 10.5 Å². The Labute approximate surface area is 180 Å². The summed E-state index contributed by atoms with van der Waals surface area (Å²) in [5.74, 6) is 0.211. The average Bonchev–Trinajstić information content (AvgIpc) is 3.17. The number of nitrogens with zero attached hydrogens (tertiary/aromatic N) is 1. The maximum atomic E-state index is 12.8. The Morgan fingerprint density at radius 2 is 1.77 bits per heavy atom. The third-order valence-corrected chi connectivity index (χ3v) is 5.68. The van der Waals surface area contributed by atoms with E-state index in [0.29, 0.717) is 12.2 Å². The number of piperazine rings is 1. The minimum atomic E-state index is -0.507. The fraction of sp³-hybridized carbons (Fsp3) is 0.304. The van der Waals surface area contributed by atoms with Gasteiger partial charge in [-0.25, -0.2) is 4.79 Å². The van der Waals surface area contributed by atoms with E-state index in [1.54, 1.807) is 7.11 Å². The number of carbonyl (C=O) groups excluding carboxylic acids is 2. The number of quaternary nitrogens is 1. The van der Waals surface area contributed by atoms with Crippen LogP contribution in [0.3, 0.4) is 0 Å². The molecule has 3 aromatic rings. The van der Waals surface area contributed by atoms with Crippen LogP contribution < -0.4 is 19.9 Å². The Bertz CT molecular complexity index is 1070. The van der Waals surface area contributed by atoms with Gasteiger partial charge in [0.25, 0.3) is 5.91 Å². The van der Waals surface area contributed by atoms with Gasteiger partial charge in [0, 0.05) is 16.6 Å². The van der Waals surface area contributed by atoms with Gasteiger partial charge in [-0.2, -0.15) is 0 Å². The van der Waals surface area contributed by atoms with Gasteiger partial charge in [-0.3, -0.25) is 4.79 Å². The average molecular weight is 423 g/mol. The van der Waals surface area contributed by atoms with Gasteiger partial charge in [0.2, 0.25) is 0 Å². The molecule has 4 rings (SSSR count). The van der Waals surface area contributed by atoms with Crippen LogP contribution in [0, 0.1) is 0 Å². The first-order valence-electron chi connectivity index (χ1n) is 10.3. The third kappa shape index (κ3) is 4.49. The fourth-order valence-corrected chi connectivity index (χ4v) is 3.99. The highest BCUT2D eigenvalue weighted by molar-refractivity contribution is 6.11. The number of methoxy groups -OCH3 is 2. The number of aromatic amines is 1. The molecular weight excluding hydrogens is 396 g/mol. The smallest absolute Gasteiger partial charge is 0.356 e. The molecule has 0 aliphatic carbocycles. The van der Waals surface area contributed by atoms with Crippen LogP contribution in [0.15, 0.2) is 48.5 Å². The number of nitrogens with one attached hydrogen (secondary N) is 3. The highest BCUT2D eigenvalue weighted by Crippen LogP contribution is 2.28. The van der Waals surface area contributed by atoms with Crippen molar-refractivity contribution in [2.24, 2.45) is 0 Å². The van der Waals surface area contributed by atoms with Crippen molar-refractivity contribution >= 4 is 34.2 Å². The zero-order valence-corrected chi connectivity index (χ0v) is 17.7. The van der Waals surface area contributed by atoms with Crippen LogP contribution in [0.5, 0.6) is 5.75 Å². The topological polar surface area (TPSA) is 88.1 Å². The number of esters is 1. The minimum absolute atomic E-state index is 0.122. The van der Waals surface area contributed by atoms with Crippen molar-refractivity contribution in [2.75, 3.05) is 57.2 Å². The van der Waals surface area contributed by atoms with Gasteiger partial charge in [0.05, 0.1) is 46.1 Å². The van der Waals surface area contributed by atoms with E-state index < -0.39 is 5.97 Å². The van der Waals surface area contributed by atoms with Gasteiger partial charge in [0.1, 0.15) is 11.4 Å². The molecule has 0 radical (unpaired) electrons. The second kappa shape index (κ2) is 9.09. The molecule has 31 heavy (non-hydrogen) atoms. The highest BCUT2D eigenvalue weighted by Gasteiger charge is 2.25. The Morgan fingerprint density at radius 3 is 2.45 bits per heavy atom. The SMILES string of the molecule is COC(=O)c1[nH]c2ccccc2c1NC(=O)C[NH+]1CCN(c2ccc(OC)cc2)CC1. The Morgan fingerprint density at radius 1 is 1.06 bits per heavy atom. The number of rotatable bonds is 6. The number of benzene rings is 2. The molecule has 1 amide bonds. The summed E-state index contributed by atoms with van der Waals surface area (Å²) in [5.41, 5.74) is 2.67. The Hall–Kier alpha value is -3.52. The van der Waals surface area contributed by atoms with Crippen molar-refractivity contribution in [1.82, 2.24) is 4.98 Å². The van der Waals surface area contributed by atoms with E-state index in [4.69, 9.17) is 9.47 Å². The first kappa shape index (κ1) is 20.7. The molecule has 2 heterocycles. The first-order valence-corrected chi connectivity index (χ1v) is 10.3. The summed E-state index contributed by atoms with van der Waals surface area (Å²) in [6, 6.07) is 15.5. The molecule has 0 bridgehead atoms. The third-order valence-electron chi connectivity index (χ3n) is 5.68. The lowest BCUT2D eigenvalue weighted by molar-refractivity contribution is -0.892. The lowest BCUT2D eigenvalue weighted by Crippen LogP contribution is -3.15. The molecular formula is C23H27N4O4+. The molecule has 1 saturated heterocycles. The molecule has 1 fully saturated rings. The summed E-state index contributed by atoms with van der Waals surface area (Å²) >= 11 is 0. The second-order valence-corrected chi connectivity index (χ2v) is 7.57. The molecule has 2 aromatic carbocycles. The van der Waals surface area contributed by atoms with E-state index >= 15 is 0 Å². The predicted octanol–water partition coefficient (Wildman–Crippen LogP) is 1.31. The minimum Gasteiger partial charge on any atom is -0.497 e. The molecule has 1 aliphatic rings.